The number of thioether (sulfide) groups is 1. The SMILES string of the molecule is CCCCCCSc1nc(C=O)cc(CC)n1. The molecule has 1 rings (SSSR count). The lowest BCUT2D eigenvalue weighted by Crippen LogP contribution is -1.98. The molecule has 0 saturated carbocycles. The zero-order chi connectivity index (χ0) is 12.5. The summed E-state index contributed by atoms with van der Waals surface area (Å²) in [6.45, 7) is 4.24. The lowest BCUT2D eigenvalue weighted by Gasteiger charge is -2.03. The van der Waals surface area contributed by atoms with Crippen molar-refractivity contribution in [2.45, 2.75) is 51.1 Å². The van der Waals surface area contributed by atoms with E-state index in [1.165, 1.54) is 25.7 Å². The van der Waals surface area contributed by atoms with Crippen LogP contribution >= 0.6 is 11.8 Å². The maximum absolute atomic E-state index is 10.7. The number of nitrogens with zero attached hydrogens (tertiary/aromatic N) is 2. The molecular weight excluding hydrogens is 232 g/mol. The first-order chi connectivity index (χ1) is 8.30. The standard InChI is InChI=1S/C13H20N2OS/c1-3-5-6-7-8-17-13-14-11(4-2)9-12(10-16)15-13/h9-10H,3-8H2,1-2H3. The van der Waals surface area contributed by atoms with E-state index < -0.39 is 0 Å². The van der Waals surface area contributed by atoms with Crippen molar-refractivity contribution in [3.05, 3.63) is 17.5 Å². The summed E-state index contributed by atoms with van der Waals surface area (Å²) in [6, 6.07) is 1.76. The van der Waals surface area contributed by atoms with Crippen molar-refractivity contribution >= 4 is 18.0 Å². The third-order valence-corrected chi connectivity index (χ3v) is 3.42. The molecule has 0 aliphatic heterocycles. The molecule has 1 heterocycles. The molecule has 4 heteroatoms. The van der Waals surface area contributed by atoms with Crippen molar-refractivity contribution < 1.29 is 4.79 Å². The van der Waals surface area contributed by atoms with E-state index in [4.69, 9.17) is 0 Å². The average Bonchev–Trinajstić information content (AvgIpc) is 2.38. The second-order valence-corrected chi connectivity index (χ2v) is 5.01. The molecule has 0 saturated heterocycles. The highest BCUT2D eigenvalue weighted by atomic mass is 32.2. The predicted molar refractivity (Wildman–Crippen MR) is 71.7 cm³/mol. The van der Waals surface area contributed by atoms with Crippen molar-refractivity contribution in [2.24, 2.45) is 0 Å². The molecule has 0 spiro atoms. The first-order valence-electron chi connectivity index (χ1n) is 6.26. The molecule has 0 aromatic carbocycles. The van der Waals surface area contributed by atoms with Gasteiger partial charge in [-0.15, -0.1) is 0 Å². The van der Waals surface area contributed by atoms with Crippen LogP contribution in [0.2, 0.25) is 0 Å². The van der Waals surface area contributed by atoms with Crippen LogP contribution in [0.15, 0.2) is 11.2 Å². The van der Waals surface area contributed by atoms with E-state index in [9.17, 15) is 4.79 Å². The van der Waals surface area contributed by atoms with Crippen molar-refractivity contribution in [3.63, 3.8) is 0 Å². The van der Waals surface area contributed by atoms with E-state index in [2.05, 4.69) is 16.9 Å². The Labute approximate surface area is 107 Å². The minimum Gasteiger partial charge on any atom is -0.296 e. The first-order valence-corrected chi connectivity index (χ1v) is 7.24. The zero-order valence-electron chi connectivity index (χ0n) is 10.6. The zero-order valence-corrected chi connectivity index (χ0v) is 11.4. The second kappa shape index (κ2) is 8.23. The molecule has 17 heavy (non-hydrogen) atoms. The van der Waals surface area contributed by atoms with Crippen LogP contribution in [0, 0.1) is 0 Å². The van der Waals surface area contributed by atoms with Crippen LogP contribution < -0.4 is 0 Å². The highest BCUT2D eigenvalue weighted by molar-refractivity contribution is 7.99. The number of aromatic nitrogens is 2. The molecule has 0 fully saturated rings. The van der Waals surface area contributed by atoms with Crippen molar-refractivity contribution in [1.29, 1.82) is 0 Å². The largest absolute Gasteiger partial charge is 0.296 e. The second-order valence-electron chi connectivity index (χ2n) is 3.95. The highest BCUT2D eigenvalue weighted by Crippen LogP contribution is 2.16. The lowest BCUT2D eigenvalue weighted by molar-refractivity contribution is 0.111. The number of unbranched alkanes of at least 4 members (excludes halogenated alkanes) is 3. The summed E-state index contributed by atoms with van der Waals surface area (Å²) in [5.41, 5.74) is 1.44. The van der Waals surface area contributed by atoms with Crippen LogP contribution in [0.25, 0.3) is 0 Å². The van der Waals surface area contributed by atoms with Crippen LogP contribution in [0.3, 0.4) is 0 Å². The molecular formula is C13H20N2OS. The van der Waals surface area contributed by atoms with E-state index in [1.807, 2.05) is 6.92 Å². The maximum Gasteiger partial charge on any atom is 0.188 e. The van der Waals surface area contributed by atoms with Gasteiger partial charge in [0.05, 0.1) is 0 Å². The quantitative estimate of drug-likeness (QED) is 0.307. The fourth-order valence-corrected chi connectivity index (χ4v) is 2.37. The van der Waals surface area contributed by atoms with Crippen LogP contribution in [-0.2, 0) is 6.42 Å². The molecule has 0 amide bonds. The summed E-state index contributed by atoms with van der Waals surface area (Å²) in [5.74, 6) is 1.03. The van der Waals surface area contributed by atoms with E-state index in [0.29, 0.717) is 5.69 Å². The Kier molecular flexibility index (Phi) is 6.86. The Morgan fingerprint density at radius 3 is 2.71 bits per heavy atom. The predicted octanol–water partition coefficient (Wildman–Crippen LogP) is 3.52. The fraction of sp³-hybridized carbons (Fsp3) is 0.615. The minimum absolute atomic E-state index is 0.493. The molecule has 0 bridgehead atoms. The smallest absolute Gasteiger partial charge is 0.188 e. The minimum atomic E-state index is 0.493. The molecule has 0 unspecified atom stereocenters. The summed E-state index contributed by atoms with van der Waals surface area (Å²) in [6.07, 6.45) is 6.62. The van der Waals surface area contributed by atoms with E-state index >= 15 is 0 Å². The van der Waals surface area contributed by atoms with Gasteiger partial charge >= 0.3 is 0 Å². The number of aldehydes is 1. The summed E-state index contributed by atoms with van der Waals surface area (Å²) in [5, 5.41) is 0.739. The molecule has 94 valence electrons. The summed E-state index contributed by atoms with van der Waals surface area (Å²) in [4.78, 5) is 19.4. The molecule has 0 aliphatic carbocycles. The lowest BCUT2D eigenvalue weighted by atomic mass is 10.2. The van der Waals surface area contributed by atoms with Gasteiger partial charge in [0.15, 0.2) is 11.4 Å². The van der Waals surface area contributed by atoms with E-state index in [-0.39, 0.29) is 0 Å². The maximum atomic E-state index is 10.7. The van der Waals surface area contributed by atoms with Gasteiger partial charge in [0, 0.05) is 11.4 Å². The van der Waals surface area contributed by atoms with Gasteiger partial charge in [-0.25, -0.2) is 9.97 Å². The van der Waals surface area contributed by atoms with Crippen LogP contribution in [0.4, 0.5) is 0 Å². The Morgan fingerprint density at radius 2 is 2.06 bits per heavy atom. The Morgan fingerprint density at radius 1 is 1.24 bits per heavy atom. The number of rotatable bonds is 8. The van der Waals surface area contributed by atoms with E-state index in [0.717, 1.165) is 29.3 Å². The number of carbonyl (C=O) groups excluding carboxylic acids is 1. The van der Waals surface area contributed by atoms with Gasteiger partial charge in [-0.2, -0.15) is 0 Å². The fourth-order valence-electron chi connectivity index (χ4n) is 1.49. The Balaban J connectivity index is 2.49. The normalized spacial score (nSPS) is 10.5. The van der Waals surface area contributed by atoms with Gasteiger partial charge in [-0.05, 0) is 18.9 Å². The van der Waals surface area contributed by atoms with Gasteiger partial charge in [-0.3, -0.25) is 4.79 Å². The summed E-state index contributed by atoms with van der Waals surface area (Å²) < 4.78 is 0. The number of hydrogen-bond acceptors (Lipinski definition) is 4. The van der Waals surface area contributed by atoms with Gasteiger partial charge < -0.3 is 0 Å². The van der Waals surface area contributed by atoms with Gasteiger partial charge in [0.25, 0.3) is 0 Å². The molecule has 0 atom stereocenters. The highest BCUT2D eigenvalue weighted by Gasteiger charge is 2.03. The number of aryl methyl sites for hydroxylation is 1. The molecule has 0 radical (unpaired) electrons. The van der Waals surface area contributed by atoms with Crippen molar-refractivity contribution in [3.8, 4) is 0 Å². The number of hydrogen-bond donors (Lipinski definition) is 0. The Bertz CT molecular complexity index is 355. The molecule has 0 aliphatic rings. The number of carbonyl (C=O) groups is 1. The Hall–Kier alpha value is -0.900. The molecule has 1 aromatic heterocycles. The summed E-state index contributed by atoms with van der Waals surface area (Å²) >= 11 is 1.65. The third kappa shape index (κ3) is 5.31. The van der Waals surface area contributed by atoms with Crippen LogP contribution in [-0.4, -0.2) is 22.0 Å². The molecule has 3 nitrogen and oxygen atoms in total. The summed E-state index contributed by atoms with van der Waals surface area (Å²) in [7, 11) is 0. The first kappa shape index (κ1) is 14.2. The van der Waals surface area contributed by atoms with Gasteiger partial charge in [-0.1, -0.05) is 44.9 Å². The molecule has 1 aromatic rings. The average molecular weight is 252 g/mol. The van der Waals surface area contributed by atoms with Crippen LogP contribution in [0.1, 0.15) is 55.7 Å². The third-order valence-electron chi connectivity index (χ3n) is 2.49. The van der Waals surface area contributed by atoms with Gasteiger partial charge in [0.2, 0.25) is 0 Å². The topological polar surface area (TPSA) is 42.9 Å². The van der Waals surface area contributed by atoms with E-state index in [1.54, 1.807) is 17.8 Å². The van der Waals surface area contributed by atoms with Crippen molar-refractivity contribution in [2.75, 3.05) is 5.75 Å². The monoisotopic (exact) mass is 252 g/mol. The molecule has 0 N–H and O–H groups in total. The van der Waals surface area contributed by atoms with Crippen LogP contribution in [0.5, 0.6) is 0 Å². The van der Waals surface area contributed by atoms with Crippen molar-refractivity contribution in [1.82, 2.24) is 9.97 Å². The van der Waals surface area contributed by atoms with Gasteiger partial charge in [0.1, 0.15) is 5.69 Å².